The molecule has 33 heavy (non-hydrogen) atoms. The maximum absolute atomic E-state index is 13.8. The van der Waals surface area contributed by atoms with Crippen molar-refractivity contribution in [3.05, 3.63) is 78.6 Å². The summed E-state index contributed by atoms with van der Waals surface area (Å²) in [5, 5.41) is 15.3. The molecule has 0 spiro atoms. The first-order valence-corrected chi connectivity index (χ1v) is 11.2. The van der Waals surface area contributed by atoms with Crippen LogP contribution >= 0.6 is 0 Å². The average Bonchev–Trinajstić information content (AvgIpc) is 3.61. The lowest BCUT2D eigenvalue weighted by molar-refractivity contribution is 0.0227. The molecule has 4 rings (SSSR count). The fraction of sp³-hybridized carbons (Fsp3) is 0.346. The second kappa shape index (κ2) is 10.7. The van der Waals surface area contributed by atoms with Gasteiger partial charge in [-0.25, -0.2) is 9.07 Å². The molecular weight excluding hydrogens is 421 g/mol. The lowest BCUT2D eigenvalue weighted by atomic mass is 10.1. The summed E-state index contributed by atoms with van der Waals surface area (Å²) in [6, 6.07) is 16.4. The van der Waals surface area contributed by atoms with Crippen LogP contribution in [0.5, 0.6) is 11.6 Å². The zero-order valence-corrected chi connectivity index (χ0v) is 18.9. The molecule has 6 nitrogen and oxygen atoms in total. The normalized spacial score (nSPS) is 14.4. The molecule has 7 heteroatoms. The van der Waals surface area contributed by atoms with Gasteiger partial charge in [0.2, 0.25) is 5.88 Å². The highest BCUT2D eigenvalue weighted by Gasteiger charge is 2.33. The highest BCUT2D eigenvalue weighted by atomic mass is 19.1. The van der Waals surface area contributed by atoms with Gasteiger partial charge >= 0.3 is 0 Å². The monoisotopic (exact) mass is 451 g/mol. The maximum atomic E-state index is 13.8. The van der Waals surface area contributed by atoms with Crippen molar-refractivity contribution in [2.24, 2.45) is 7.05 Å². The number of nitrogens with zero attached hydrogens (tertiary/aromatic N) is 3. The minimum Gasteiger partial charge on any atom is -0.439 e. The number of halogens is 1. The fourth-order valence-electron chi connectivity index (χ4n) is 3.89. The minimum atomic E-state index is -0.616. The molecule has 0 bridgehead atoms. The summed E-state index contributed by atoms with van der Waals surface area (Å²) in [5.41, 5.74) is 2.69. The quantitative estimate of drug-likeness (QED) is 0.324. The highest BCUT2D eigenvalue weighted by Crippen LogP contribution is 2.37. The Bertz CT molecular complexity index is 1070. The topological polar surface area (TPSA) is 59.8 Å². The largest absolute Gasteiger partial charge is 0.439 e. The van der Waals surface area contributed by atoms with E-state index in [0.717, 1.165) is 29.7 Å². The zero-order chi connectivity index (χ0) is 23.2. The van der Waals surface area contributed by atoms with Crippen LogP contribution in [0.3, 0.4) is 0 Å². The van der Waals surface area contributed by atoms with Crippen LogP contribution in [0.15, 0.2) is 67.3 Å². The summed E-state index contributed by atoms with van der Waals surface area (Å²) in [7, 11) is 1.82. The Morgan fingerprint density at radius 1 is 1.24 bits per heavy atom. The van der Waals surface area contributed by atoms with Crippen molar-refractivity contribution in [1.82, 2.24) is 14.7 Å². The number of aliphatic hydroxyl groups excluding tert-OH is 1. The van der Waals surface area contributed by atoms with Gasteiger partial charge in [0.05, 0.1) is 24.9 Å². The summed E-state index contributed by atoms with van der Waals surface area (Å²) in [5.74, 6) is 0.610. The fourth-order valence-corrected chi connectivity index (χ4v) is 3.89. The number of ether oxygens (including phenoxy) is 2. The molecule has 0 saturated heterocycles. The van der Waals surface area contributed by atoms with Crippen molar-refractivity contribution in [1.29, 1.82) is 0 Å². The number of aliphatic hydroxyl groups is 1. The van der Waals surface area contributed by atoms with Crippen molar-refractivity contribution in [3.63, 3.8) is 0 Å². The smallest absolute Gasteiger partial charge is 0.222 e. The molecule has 1 atom stereocenters. The second-order valence-corrected chi connectivity index (χ2v) is 8.32. The van der Waals surface area contributed by atoms with Crippen LogP contribution in [-0.4, -0.2) is 51.7 Å². The van der Waals surface area contributed by atoms with Gasteiger partial charge in [0.25, 0.3) is 0 Å². The van der Waals surface area contributed by atoms with E-state index in [-0.39, 0.29) is 12.4 Å². The summed E-state index contributed by atoms with van der Waals surface area (Å²) < 4.78 is 27.1. The maximum Gasteiger partial charge on any atom is 0.222 e. The van der Waals surface area contributed by atoms with Crippen LogP contribution < -0.4 is 4.74 Å². The Kier molecular flexibility index (Phi) is 7.54. The third-order valence-electron chi connectivity index (χ3n) is 5.56. The Labute approximate surface area is 193 Å². The van der Waals surface area contributed by atoms with E-state index < -0.39 is 6.10 Å². The van der Waals surface area contributed by atoms with Crippen molar-refractivity contribution in [3.8, 4) is 22.9 Å². The number of benzene rings is 2. The Balaban J connectivity index is 1.64. The molecular formula is C26H30FN3O3. The first kappa shape index (κ1) is 23.2. The van der Waals surface area contributed by atoms with Gasteiger partial charge in [0.15, 0.2) is 0 Å². The minimum absolute atomic E-state index is 0.250. The van der Waals surface area contributed by atoms with Crippen LogP contribution in [0, 0.1) is 5.82 Å². The van der Waals surface area contributed by atoms with Crippen LogP contribution in [0.1, 0.15) is 18.4 Å². The molecule has 0 aliphatic heterocycles. The number of hydrogen-bond acceptors (Lipinski definition) is 5. The molecule has 1 aliphatic rings. The van der Waals surface area contributed by atoms with E-state index >= 15 is 0 Å². The molecule has 1 N–H and O–H groups in total. The van der Waals surface area contributed by atoms with Gasteiger partial charge < -0.3 is 14.6 Å². The van der Waals surface area contributed by atoms with Crippen LogP contribution in [-0.2, 0) is 18.3 Å². The molecule has 1 heterocycles. The zero-order valence-electron chi connectivity index (χ0n) is 18.9. The Morgan fingerprint density at radius 3 is 2.73 bits per heavy atom. The van der Waals surface area contributed by atoms with E-state index in [4.69, 9.17) is 14.6 Å². The van der Waals surface area contributed by atoms with E-state index in [1.807, 2.05) is 37.4 Å². The van der Waals surface area contributed by atoms with Gasteiger partial charge in [-0.3, -0.25) is 4.90 Å². The van der Waals surface area contributed by atoms with Gasteiger partial charge in [-0.15, -0.1) is 6.58 Å². The van der Waals surface area contributed by atoms with Gasteiger partial charge in [0.1, 0.15) is 17.3 Å². The molecule has 1 fully saturated rings. The summed E-state index contributed by atoms with van der Waals surface area (Å²) in [6.45, 7) is 5.32. The number of hydrogen-bond donors (Lipinski definition) is 1. The van der Waals surface area contributed by atoms with E-state index in [0.29, 0.717) is 37.4 Å². The van der Waals surface area contributed by atoms with Gasteiger partial charge in [0, 0.05) is 37.8 Å². The van der Waals surface area contributed by atoms with E-state index in [1.54, 1.807) is 22.9 Å². The summed E-state index contributed by atoms with van der Waals surface area (Å²) in [4.78, 5) is 2.25. The SMILES string of the molecule is C=CCOC[C@H](O)CN(Cc1c(-c2ccccc2)nn(C)c1Oc1cccc(F)c1)C1CC1. The third kappa shape index (κ3) is 6.07. The lowest BCUT2D eigenvalue weighted by Crippen LogP contribution is -2.36. The Morgan fingerprint density at radius 2 is 2.03 bits per heavy atom. The van der Waals surface area contributed by atoms with Crippen LogP contribution in [0.25, 0.3) is 11.3 Å². The van der Waals surface area contributed by atoms with Gasteiger partial charge in [-0.2, -0.15) is 5.10 Å². The summed E-state index contributed by atoms with van der Waals surface area (Å²) in [6.07, 6.45) is 3.22. The number of aromatic nitrogens is 2. The second-order valence-electron chi connectivity index (χ2n) is 8.32. The molecule has 0 amide bonds. The van der Waals surface area contributed by atoms with Gasteiger partial charge in [-0.1, -0.05) is 42.5 Å². The molecule has 1 saturated carbocycles. The van der Waals surface area contributed by atoms with Crippen molar-refractivity contribution >= 4 is 0 Å². The standard InChI is InChI=1S/C26H30FN3O3/c1-3-14-32-18-22(31)16-30(21-12-13-21)17-24-25(19-8-5-4-6-9-19)28-29(2)26(24)33-23-11-7-10-20(27)15-23/h3-11,15,21-22,31H,1,12-14,16-18H2,2H3/t22-/m1/s1. The van der Waals surface area contributed by atoms with Gasteiger partial charge in [-0.05, 0) is 25.0 Å². The molecule has 174 valence electrons. The third-order valence-corrected chi connectivity index (χ3v) is 5.56. The molecule has 1 aromatic heterocycles. The molecule has 0 radical (unpaired) electrons. The van der Waals surface area contributed by atoms with Crippen molar-refractivity contribution in [2.45, 2.75) is 31.5 Å². The van der Waals surface area contributed by atoms with Crippen LogP contribution in [0.4, 0.5) is 4.39 Å². The van der Waals surface area contributed by atoms with E-state index in [9.17, 15) is 9.50 Å². The van der Waals surface area contributed by atoms with Crippen molar-refractivity contribution in [2.75, 3.05) is 19.8 Å². The highest BCUT2D eigenvalue weighted by molar-refractivity contribution is 5.65. The molecule has 2 aromatic carbocycles. The van der Waals surface area contributed by atoms with E-state index in [2.05, 4.69) is 11.5 Å². The first-order valence-electron chi connectivity index (χ1n) is 11.2. The predicted octanol–water partition coefficient (Wildman–Crippen LogP) is 4.55. The molecule has 0 unspecified atom stereocenters. The number of rotatable bonds is 12. The Hall–Kier alpha value is -3.00. The van der Waals surface area contributed by atoms with E-state index in [1.165, 1.54) is 12.1 Å². The average molecular weight is 452 g/mol. The number of aryl methyl sites for hydroxylation is 1. The van der Waals surface area contributed by atoms with Crippen molar-refractivity contribution < 1.29 is 19.0 Å². The van der Waals surface area contributed by atoms with Crippen LogP contribution in [0.2, 0.25) is 0 Å². The predicted molar refractivity (Wildman–Crippen MR) is 126 cm³/mol. The lowest BCUT2D eigenvalue weighted by Gasteiger charge is -2.25. The molecule has 1 aliphatic carbocycles. The summed E-state index contributed by atoms with van der Waals surface area (Å²) >= 11 is 0. The first-order chi connectivity index (χ1) is 16.0. The molecule has 3 aromatic rings.